The molecule has 0 unspecified atom stereocenters. The SMILES string of the molecule is CCC(=O)c1ccc(Oc2ccc(Cl)cc2Cl)cn1. The zero-order chi connectivity index (χ0) is 13.8. The number of hydrogen-bond donors (Lipinski definition) is 0. The number of pyridine rings is 1. The van der Waals surface area contributed by atoms with E-state index in [1.54, 1.807) is 37.3 Å². The number of Topliss-reactive ketones (excluding diaryl/α,β-unsaturated/α-hetero) is 1. The van der Waals surface area contributed by atoms with Crippen LogP contribution in [0.15, 0.2) is 36.5 Å². The van der Waals surface area contributed by atoms with Crippen LogP contribution in [0, 0.1) is 0 Å². The van der Waals surface area contributed by atoms with Gasteiger partial charge in [-0.2, -0.15) is 0 Å². The summed E-state index contributed by atoms with van der Waals surface area (Å²) in [6, 6.07) is 8.27. The second-order valence-corrected chi connectivity index (χ2v) is 4.68. The maximum absolute atomic E-state index is 11.4. The highest BCUT2D eigenvalue weighted by Crippen LogP contribution is 2.31. The Kier molecular flexibility index (Phi) is 4.40. The van der Waals surface area contributed by atoms with Crippen molar-refractivity contribution in [2.45, 2.75) is 13.3 Å². The fourth-order valence-electron chi connectivity index (χ4n) is 1.47. The van der Waals surface area contributed by atoms with Crippen molar-refractivity contribution in [2.75, 3.05) is 0 Å². The third-order valence-corrected chi connectivity index (χ3v) is 3.00. The van der Waals surface area contributed by atoms with Crippen LogP contribution >= 0.6 is 23.2 Å². The molecule has 0 saturated heterocycles. The van der Waals surface area contributed by atoms with Gasteiger partial charge >= 0.3 is 0 Å². The smallest absolute Gasteiger partial charge is 0.180 e. The summed E-state index contributed by atoms with van der Waals surface area (Å²) in [6.45, 7) is 1.79. The van der Waals surface area contributed by atoms with Gasteiger partial charge in [-0.15, -0.1) is 0 Å². The fraction of sp³-hybridized carbons (Fsp3) is 0.143. The number of halogens is 2. The number of hydrogen-bond acceptors (Lipinski definition) is 3. The molecule has 0 atom stereocenters. The first-order chi connectivity index (χ1) is 9.10. The van der Waals surface area contributed by atoms with Gasteiger partial charge in [0, 0.05) is 11.4 Å². The highest BCUT2D eigenvalue weighted by atomic mass is 35.5. The van der Waals surface area contributed by atoms with Gasteiger partial charge in [0.15, 0.2) is 5.78 Å². The monoisotopic (exact) mass is 295 g/mol. The molecule has 3 nitrogen and oxygen atoms in total. The largest absolute Gasteiger partial charge is 0.454 e. The van der Waals surface area contributed by atoms with Gasteiger partial charge in [-0.25, -0.2) is 4.98 Å². The molecule has 98 valence electrons. The Morgan fingerprint density at radius 1 is 1.26 bits per heavy atom. The lowest BCUT2D eigenvalue weighted by atomic mass is 10.2. The van der Waals surface area contributed by atoms with Gasteiger partial charge in [0.25, 0.3) is 0 Å². The van der Waals surface area contributed by atoms with E-state index in [2.05, 4.69) is 4.98 Å². The van der Waals surface area contributed by atoms with E-state index >= 15 is 0 Å². The minimum absolute atomic E-state index is 0.00363. The summed E-state index contributed by atoms with van der Waals surface area (Å²) in [5, 5.41) is 0.959. The molecule has 0 saturated carbocycles. The first-order valence-electron chi connectivity index (χ1n) is 5.72. The summed E-state index contributed by atoms with van der Waals surface area (Å²) >= 11 is 11.8. The van der Waals surface area contributed by atoms with Crippen LogP contribution in [0.5, 0.6) is 11.5 Å². The average Bonchev–Trinajstić information content (AvgIpc) is 2.42. The molecule has 1 aromatic heterocycles. The lowest BCUT2D eigenvalue weighted by Gasteiger charge is -2.07. The number of ketones is 1. The minimum atomic E-state index is -0.00363. The molecule has 0 N–H and O–H groups in total. The Hall–Kier alpha value is -1.58. The Morgan fingerprint density at radius 3 is 2.63 bits per heavy atom. The van der Waals surface area contributed by atoms with Crippen LogP contribution < -0.4 is 4.74 Å². The summed E-state index contributed by atoms with van der Waals surface area (Å²) in [4.78, 5) is 15.5. The molecule has 0 aliphatic carbocycles. The van der Waals surface area contributed by atoms with Crippen molar-refractivity contribution in [2.24, 2.45) is 0 Å². The van der Waals surface area contributed by atoms with Crippen LogP contribution in [0.4, 0.5) is 0 Å². The summed E-state index contributed by atoms with van der Waals surface area (Å²) in [7, 11) is 0. The van der Waals surface area contributed by atoms with E-state index in [1.807, 2.05) is 0 Å². The Labute approximate surface area is 121 Å². The number of nitrogens with zero attached hydrogens (tertiary/aromatic N) is 1. The highest BCUT2D eigenvalue weighted by Gasteiger charge is 2.07. The third kappa shape index (κ3) is 3.46. The Morgan fingerprint density at radius 2 is 2.05 bits per heavy atom. The number of carbonyl (C=O) groups is 1. The molecule has 0 aliphatic rings. The van der Waals surface area contributed by atoms with Crippen molar-refractivity contribution < 1.29 is 9.53 Å². The second-order valence-electron chi connectivity index (χ2n) is 3.83. The molecule has 1 heterocycles. The van der Waals surface area contributed by atoms with Crippen LogP contribution in [0.3, 0.4) is 0 Å². The van der Waals surface area contributed by atoms with Crippen molar-refractivity contribution in [3.8, 4) is 11.5 Å². The fourth-order valence-corrected chi connectivity index (χ4v) is 1.92. The molecule has 5 heteroatoms. The van der Waals surface area contributed by atoms with Gasteiger partial charge in [-0.05, 0) is 30.3 Å². The average molecular weight is 296 g/mol. The normalized spacial score (nSPS) is 10.3. The van der Waals surface area contributed by atoms with Crippen LogP contribution in [-0.2, 0) is 0 Å². The summed E-state index contributed by atoms with van der Waals surface area (Å²) in [5.74, 6) is 0.996. The topological polar surface area (TPSA) is 39.2 Å². The molecule has 0 radical (unpaired) electrons. The van der Waals surface area contributed by atoms with E-state index in [4.69, 9.17) is 27.9 Å². The number of aromatic nitrogens is 1. The van der Waals surface area contributed by atoms with Crippen LogP contribution in [-0.4, -0.2) is 10.8 Å². The van der Waals surface area contributed by atoms with Gasteiger partial charge in [-0.1, -0.05) is 30.1 Å². The van der Waals surface area contributed by atoms with Crippen molar-refractivity contribution in [3.05, 3.63) is 52.3 Å². The quantitative estimate of drug-likeness (QED) is 0.763. The van der Waals surface area contributed by atoms with Crippen molar-refractivity contribution >= 4 is 29.0 Å². The van der Waals surface area contributed by atoms with Gasteiger partial charge in [0.2, 0.25) is 0 Å². The van der Waals surface area contributed by atoms with Crippen molar-refractivity contribution in [1.82, 2.24) is 4.98 Å². The lowest BCUT2D eigenvalue weighted by molar-refractivity contribution is 0.0983. The maximum Gasteiger partial charge on any atom is 0.180 e. The molecule has 19 heavy (non-hydrogen) atoms. The Balaban J connectivity index is 2.17. The second kappa shape index (κ2) is 6.04. The summed E-state index contributed by atoms with van der Waals surface area (Å²) in [5.41, 5.74) is 0.428. The Bertz CT molecular complexity index is 597. The third-order valence-electron chi connectivity index (χ3n) is 2.46. The lowest BCUT2D eigenvalue weighted by Crippen LogP contribution is -1.99. The standard InChI is InChI=1S/C14H11Cl2NO2/c1-2-13(18)12-5-4-10(8-17-12)19-14-6-3-9(15)7-11(14)16/h3-8H,2H2,1H3. The van der Waals surface area contributed by atoms with Crippen molar-refractivity contribution in [3.63, 3.8) is 0 Å². The van der Waals surface area contributed by atoms with Crippen LogP contribution in [0.2, 0.25) is 10.0 Å². The van der Waals surface area contributed by atoms with E-state index in [1.165, 1.54) is 6.20 Å². The molecule has 0 spiro atoms. The van der Waals surface area contributed by atoms with Crippen LogP contribution in [0.1, 0.15) is 23.8 Å². The molecule has 2 aromatic rings. The predicted octanol–water partition coefficient (Wildman–Crippen LogP) is 4.77. The number of ether oxygens (including phenoxy) is 1. The van der Waals surface area contributed by atoms with Crippen molar-refractivity contribution in [1.29, 1.82) is 0 Å². The highest BCUT2D eigenvalue weighted by molar-refractivity contribution is 6.35. The molecular formula is C14H11Cl2NO2. The number of rotatable bonds is 4. The molecule has 0 fully saturated rings. The number of carbonyl (C=O) groups excluding carboxylic acids is 1. The molecular weight excluding hydrogens is 285 g/mol. The zero-order valence-corrected chi connectivity index (χ0v) is 11.7. The molecule has 1 aromatic carbocycles. The van der Waals surface area contributed by atoms with Crippen LogP contribution in [0.25, 0.3) is 0 Å². The summed E-state index contributed by atoms with van der Waals surface area (Å²) in [6.07, 6.45) is 1.92. The van der Waals surface area contributed by atoms with E-state index in [0.29, 0.717) is 33.7 Å². The first-order valence-corrected chi connectivity index (χ1v) is 6.48. The predicted molar refractivity (Wildman–Crippen MR) is 75.4 cm³/mol. The van der Waals surface area contributed by atoms with E-state index < -0.39 is 0 Å². The van der Waals surface area contributed by atoms with Gasteiger partial charge in [-0.3, -0.25) is 4.79 Å². The van der Waals surface area contributed by atoms with E-state index in [9.17, 15) is 4.79 Å². The van der Waals surface area contributed by atoms with E-state index in [-0.39, 0.29) is 5.78 Å². The minimum Gasteiger partial charge on any atom is -0.454 e. The molecule has 0 bridgehead atoms. The van der Waals surface area contributed by atoms with Gasteiger partial charge in [0.05, 0.1) is 11.2 Å². The maximum atomic E-state index is 11.4. The summed E-state index contributed by atoms with van der Waals surface area (Å²) < 4.78 is 5.57. The molecule has 2 rings (SSSR count). The van der Waals surface area contributed by atoms with Gasteiger partial charge in [0.1, 0.15) is 17.2 Å². The zero-order valence-electron chi connectivity index (χ0n) is 10.2. The number of benzene rings is 1. The molecule has 0 aliphatic heterocycles. The first kappa shape index (κ1) is 13.8. The molecule has 0 amide bonds. The van der Waals surface area contributed by atoms with Gasteiger partial charge < -0.3 is 4.74 Å². The van der Waals surface area contributed by atoms with E-state index in [0.717, 1.165) is 0 Å².